The number of oxazole rings is 1. The number of rotatable bonds is 8. The third-order valence-corrected chi connectivity index (χ3v) is 5.80. The van der Waals surface area contributed by atoms with Gasteiger partial charge in [-0.05, 0) is 37.8 Å². The number of fused-ring (bicyclic) bond motifs is 1. The van der Waals surface area contributed by atoms with Crippen molar-refractivity contribution in [3.8, 4) is 6.07 Å². The maximum Gasteiger partial charge on any atom is 0.282 e. The van der Waals surface area contributed by atoms with Crippen molar-refractivity contribution in [2.75, 3.05) is 0 Å². The van der Waals surface area contributed by atoms with Crippen LogP contribution in [0.1, 0.15) is 60.1 Å². The first kappa shape index (κ1) is 21.1. The highest BCUT2D eigenvalue weighted by molar-refractivity contribution is 5.98. The molecule has 2 N–H and O–H groups in total. The Labute approximate surface area is 186 Å². The number of nitrogens with one attached hydrogen (secondary N) is 2. The minimum atomic E-state index is -2.94. The van der Waals surface area contributed by atoms with E-state index in [-0.39, 0.29) is 23.9 Å². The predicted octanol–water partition coefficient (Wildman–Crippen LogP) is 2.81. The Morgan fingerprint density at radius 3 is 2.70 bits per heavy atom. The fourth-order valence-electron chi connectivity index (χ4n) is 3.61. The summed E-state index contributed by atoms with van der Waals surface area (Å²) in [7, 11) is 0. The molecule has 2 aliphatic rings. The zero-order valence-electron chi connectivity index (χ0n) is 17.4. The Kier molecular flexibility index (Phi) is 5.08. The normalized spacial score (nSPS) is 17.5. The van der Waals surface area contributed by atoms with Crippen LogP contribution in [0.3, 0.4) is 0 Å². The summed E-state index contributed by atoms with van der Waals surface area (Å²) >= 11 is 0. The quantitative estimate of drug-likeness (QED) is 0.539. The van der Waals surface area contributed by atoms with Crippen molar-refractivity contribution in [3.05, 3.63) is 47.6 Å². The summed E-state index contributed by atoms with van der Waals surface area (Å²) < 4.78 is 34.1. The zero-order valence-corrected chi connectivity index (χ0v) is 17.4. The first-order chi connectivity index (χ1) is 15.9. The van der Waals surface area contributed by atoms with Gasteiger partial charge in [0.1, 0.15) is 22.8 Å². The van der Waals surface area contributed by atoms with Crippen LogP contribution >= 0.6 is 0 Å². The molecule has 11 heteroatoms. The number of halogens is 2. The van der Waals surface area contributed by atoms with Crippen LogP contribution in [-0.4, -0.2) is 38.2 Å². The van der Waals surface area contributed by atoms with Gasteiger partial charge in [-0.15, -0.1) is 0 Å². The van der Waals surface area contributed by atoms with E-state index >= 15 is 0 Å². The third kappa shape index (κ3) is 4.28. The second-order valence-corrected chi connectivity index (χ2v) is 8.43. The molecule has 1 aromatic carbocycles. The number of benzene rings is 1. The van der Waals surface area contributed by atoms with Gasteiger partial charge >= 0.3 is 0 Å². The van der Waals surface area contributed by atoms with Crippen molar-refractivity contribution in [2.24, 2.45) is 0 Å². The Hall–Kier alpha value is -3.81. The van der Waals surface area contributed by atoms with Crippen LogP contribution in [0.4, 0.5) is 8.78 Å². The van der Waals surface area contributed by atoms with Crippen LogP contribution in [0.15, 0.2) is 34.9 Å². The van der Waals surface area contributed by atoms with Gasteiger partial charge in [0.25, 0.3) is 12.3 Å². The molecule has 0 radical (unpaired) electrons. The van der Waals surface area contributed by atoms with Crippen molar-refractivity contribution < 1.29 is 22.8 Å². The highest BCUT2D eigenvalue weighted by atomic mass is 19.3. The van der Waals surface area contributed by atoms with Gasteiger partial charge in [0.05, 0.1) is 24.1 Å². The highest BCUT2D eigenvalue weighted by Crippen LogP contribution is 2.36. The molecule has 9 nitrogen and oxygen atoms in total. The molecule has 5 rings (SSSR count). The van der Waals surface area contributed by atoms with Crippen LogP contribution in [-0.2, 0) is 11.2 Å². The molecule has 2 aliphatic carbocycles. The summed E-state index contributed by atoms with van der Waals surface area (Å²) in [4.78, 5) is 30.3. The van der Waals surface area contributed by atoms with Crippen molar-refractivity contribution in [2.45, 2.75) is 56.2 Å². The lowest BCUT2D eigenvalue weighted by Gasteiger charge is -2.19. The fraction of sp³-hybridized carbons (Fsp3) is 0.409. The van der Waals surface area contributed by atoms with E-state index in [1.165, 1.54) is 10.9 Å². The van der Waals surface area contributed by atoms with E-state index in [0.29, 0.717) is 23.9 Å². The van der Waals surface area contributed by atoms with Gasteiger partial charge in [0, 0.05) is 6.20 Å². The topological polar surface area (TPSA) is 126 Å². The van der Waals surface area contributed by atoms with Crippen LogP contribution < -0.4 is 10.6 Å². The van der Waals surface area contributed by atoms with E-state index in [4.69, 9.17) is 4.42 Å². The number of nitriles is 1. The van der Waals surface area contributed by atoms with Gasteiger partial charge in [0.15, 0.2) is 11.5 Å². The van der Waals surface area contributed by atoms with Crippen molar-refractivity contribution in [1.82, 2.24) is 25.4 Å². The van der Waals surface area contributed by atoms with Gasteiger partial charge in [-0.1, -0.05) is 12.1 Å². The standard InChI is InChI=1S/C22H20F2N6O3/c23-19(24)18-13(10-30(29-18)12-5-6-12)20(31)27-15(21(32)28-22(11-25)7-8-22)9-17-26-14-3-1-2-4-16(14)33-17/h1-4,10,12,15,19H,5-9H2,(H,27,31)(H,28,32)/t15-/m0/s1. The van der Waals surface area contributed by atoms with Gasteiger partial charge < -0.3 is 15.1 Å². The van der Waals surface area contributed by atoms with Crippen molar-refractivity contribution in [1.29, 1.82) is 5.26 Å². The van der Waals surface area contributed by atoms with E-state index in [1.807, 2.05) is 0 Å². The van der Waals surface area contributed by atoms with E-state index in [0.717, 1.165) is 12.8 Å². The number of aromatic nitrogens is 3. The second-order valence-electron chi connectivity index (χ2n) is 8.43. The lowest BCUT2D eigenvalue weighted by Crippen LogP contribution is -2.51. The molecule has 2 aromatic heterocycles. The third-order valence-electron chi connectivity index (χ3n) is 5.80. The minimum absolute atomic E-state index is 0.00764. The highest BCUT2D eigenvalue weighted by Gasteiger charge is 2.46. The second kappa shape index (κ2) is 7.95. The van der Waals surface area contributed by atoms with Gasteiger partial charge in [-0.3, -0.25) is 14.3 Å². The number of hydrogen-bond donors (Lipinski definition) is 2. The van der Waals surface area contributed by atoms with Crippen LogP contribution in [0.2, 0.25) is 0 Å². The molecule has 2 amide bonds. The summed E-state index contributed by atoms with van der Waals surface area (Å²) in [5.41, 5.74) is -0.782. The van der Waals surface area contributed by atoms with Crippen molar-refractivity contribution >= 4 is 22.9 Å². The molecule has 0 spiro atoms. The van der Waals surface area contributed by atoms with E-state index < -0.39 is 35.5 Å². The molecule has 0 unspecified atom stereocenters. The van der Waals surface area contributed by atoms with E-state index in [9.17, 15) is 23.6 Å². The summed E-state index contributed by atoms with van der Waals surface area (Å²) in [6, 6.07) is 7.90. The van der Waals surface area contributed by atoms with E-state index in [2.05, 4.69) is 26.8 Å². The number of carbonyl (C=O) groups is 2. The molecule has 2 fully saturated rings. The number of amides is 2. The first-order valence-corrected chi connectivity index (χ1v) is 10.6. The van der Waals surface area contributed by atoms with E-state index in [1.54, 1.807) is 24.3 Å². The molecule has 33 heavy (non-hydrogen) atoms. The Morgan fingerprint density at radius 1 is 1.30 bits per heavy atom. The van der Waals surface area contributed by atoms with Gasteiger partial charge in [-0.25, -0.2) is 13.8 Å². The SMILES string of the molecule is N#CC1(NC(=O)[C@H](Cc2nc3ccccc3o2)NC(=O)c2cn(C3CC3)nc2C(F)F)CC1. The summed E-state index contributed by atoms with van der Waals surface area (Å²) in [5.74, 6) is -1.27. The molecular weight excluding hydrogens is 434 g/mol. The molecule has 170 valence electrons. The number of nitrogens with zero attached hydrogens (tertiary/aromatic N) is 4. The lowest BCUT2D eigenvalue weighted by molar-refractivity contribution is -0.123. The minimum Gasteiger partial charge on any atom is -0.441 e. The van der Waals surface area contributed by atoms with Gasteiger partial charge in [-0.2, -0.15) is 10.4 Å². The number of carbonyl (C=O) groups excluding carboxylic acids is 2. The number of hydrogen-bond acceptors (Lipinski definition) is 6. The summed E-state index contributed by atoms with van der Waals surface area (Å²) in [6.07, 6.45) is 0.859. The average Bonchev–Trinajstić information content (AvgIpc) is 3.70. The summed E-state index contributed by atoms with van der Waals surface area (Å²) in [6.45, 7) is 0. The maximum absolute atomic E-state index is 13.5. The summed E-state index contributed by atoms with van der Waals surface area (Å²) in [5, 5.41) is 18.4. The predicted molar refractivity (Wildman–Crippen MR) is 110 cm³/mol. The first-order valence-electron chi connectivity index (χ1n) is 10.6. The van der Waals surface area contributed by atoms with Crippen LogP contribution in [0.5, 0.6) is 0 Å². The smallest absolute Gasteiger partial charge is 0.282 e. The molecular formula is C22H20F2N6O3. The number of alkyl halides is 2. The molecule has 3 aromatic rings. The molecule has 2 saturated carbocycles. The Bertz CT molecular complexity index is 1240. The average molecular weight is 454 g/mol. The number of para-hydroxylation sites is 2. The molecule has 0 bridgehead atoms. The van der Waals surface area contributed by atoms with Gasteiger partial charge in [0.2, 0.25) is 5.91 Å². The molecule has 0 saturated heterocycles. The molecule has 1 atom stereocenters. The lowest BCUT2D eigenvalue weighted by atomic mass is 10.1. The van der Waals surface area contributed by atoms with Crippen molar-refractivity contribution in [3.63, 3.8) is 0 Å². The fourth-order valence-corrected chi connectivity index (χ4v) is 3.61. The zero-order chi connectivity index (χ0) is 23.2. The van der Waals surface area contributed by atoms with Crippen LogP contribution in [0, 0.1) is 11.3 Å². The molecule has 0 aliphatic heterocycles. The van der Waals surface area contributed by atoms with Crippen LogP contribution in [0.25, 0.3) is 11.1 Å². The largest absolute Gasteiger partial charge is 0.441 e. The Morgan fingerprint density at radius 2 is 2.06 bits per heavy atom. The molecule has 2 heterocycles. The monoisotopic (exact) mass is 454 g/mol. The Balaban J connectivity index is 1.40. The maximum atomic E-state index is 13.5.